The molecule has 1 aromatic rings. The predicted octanol–water partition coefficient (Wildman–Crippen LogP) is 1.34. The number of hydrogen-bond donors (Lipinski definition) is 1. The molecule has 0 saturated carbocycles. The number of fused-ring (bicyclic) bond motifs is 1. The summed E-state index contributed by atoms with van der Waals surface area (Å²) in [5.74, 6) is -1.43. The van der Waals surface area contributed by atoms with Gasteiger partial charge in [-0.25, -0.2) is 19.4 Å². The molecule has 10 nitrogen and oxygen atoms in total. The second-order valence-corrected chi connectivity index (χ2v) is 6.46. The van der Waals surface area contributed by atoms with Gasteiger partial charge >= 0.3 is 5.97 Å². The average molecular weight is 422 g/mol. The molecule has 2 heterocycles. The number of anilines is 1. The van der Waals surface area contributed by atoms with Crippen LogP contribution in [-0.4, -0.2) is 76.3 Å². The van der Waals surface area contributed by atoms with Gasteiger partial charge in [0, 0.05) is 26.2 Å². The van der Waals surface area contributed by atoms with Crippen LogP contribution in [0.1, 0.15) is 30.1 Å². The molecule has 1 unspecified atom stereocenters. The van der Waals surface area contributed by atoms with E-state index in [1.165, 1.54) is 17.4 Å². The molecule has 1 amide bonds. The van der Waals surface area contributed by atoms with E-state index in [-0.39, 0.29) is 62.4 Å². The summed E-state index contributed by atoms with van der Waals surface area (Å²) >= 11 is 0. The molecule has 164 valence electrons. The minimum atomic E-state index is -0.788. The third kappa shape index (κ3) is 5.44. The highest BCUT2D eigenvalue weighted by molar-refractivity contribution is 6.00. The number of carbonyl (C=O) groups excluding carboxylic acids is 2. The molecule has 0 aliphatic carbocycles. The standard InChI is InChI=1S/C19H27FN6O4/c1-5-25(8-7-15(27)29-6-2)24(4)14(11-13(3)20)26-9-10-30-18-16(19(26)28)17(21)22-12-23-18/h5,12,14H,1,3,6-11H2,2,4H3,(H2,21,22,23). The molecule has 1 aliphatic heterocycles. The van der Waals surface area contributed by atoms with Gasteiger partial charge in [-0.2, -0.15) is 0 Å². The molecule has 0 aromatic carbocycles. The first kappa shape index (κ1) is 23.1. The highest BCUT2D eigenvalue weighted by atomic mass is 19.1. The van der Waals surface area contributed by atoms with E-state index in [1.807, 2.05) is 0 Å². The lowest BCUT2D eigenvalue weighted by Gasteiger charge is -2.42. The van der Waals surface area contributed by atoms with Crippen LogP contribution in [0.15, 0.2) is 31.5 Å². The normalized spacial score (nSPS) is 14.4. The van der Waals surface area contributed by atoms with Gasteiger partial charge in [0.1, 0.15) is 30.5 Å². The Hall–Kier alpha value is -3.21. The summed E-state index contributed by atoms with van der Waals surface area (Å²) in [6.45, 7) is 9.60. The Kier molecular flexibility index (Phi) is 8.10. The van der Waals surface area contributed by atoms with Crippen LogP contribution in [0.5, 0.6) is 5.88 Å². The minimum Gasteiger partial charge on any atom is -0.475 e. The van der Waals surface area contributed by atoms with Gasteiger partial charge in [-0.05, 0) is 6.92 Å². The number of halogens is 1. The summed E-state index contributed by atoms with van der Waals surface area (Å²) in [6, 6.07) is 0. The van der Waals surface area contributed by atoms with Gasteiger partial charge in [-0.3, -0.25) is 9.59 Å². The van der Waals surface area contributed by atoms with E-state index in [4.69, 9.17) is 15.2 Å². The maximum absolute atomic E-state index is 13.9. The number of ether oxygens (including phenoxy) is 2. The Labute approximate surface area is 174 Å². The monoisotopic (exact) mass is 422 g/mol. The zero-order chi connectivity index (χ0) is 22.3. The SMILES string of the molecule is C=CN(CCC(=O)OCC)N(C)C(CC(=C)F)N1CCOc2ncnc(N)c2C1=O. The van der Waals surface area contributed by atoms with Crippen molar-refractivity contribution in [1.29, 1.82) is 0 Å². The third-order valence-electron chi connectivity index (χ3n) is 4.55. The number of hydrazine groups is 1. The molecule has 2 rings (SSSR count). The number of nitrogens with zero attached hydrogens (tertiary/aromatic N) is 5. The van der Waals surface area contributed by atoms with Gasteiger partial charge in [0.15, 0.2) is 0 Å². The largest absolute Gasteiger partial charge is 0.475 e. The number of esters is 1. The lowest BCUT2D eigenvalue weighted by Crippen LogP contribution is -2.55. The van der Waals surface area contributed by atoms with Gasteiger partial charge in [-0.15, -0.1) is 0 Å². The molecule has 0 fully saturated rings. The van der Waals surface area contributed by atoms with Crippen molar-refractivity contribution in [2.24, 2.45) is 0 Å². The van der Waals surface area contributed by atoms with Crippen LogP contribution in [0.25, 0.3) is 0 Å². The number of amides is 1. The number of aromatic nitrogens is 2. The summed E-state index contributed by atoms with van der Waals surface area (Å²) in [4.78, 5) is 34.2. The Morgan fingerprint density at radius 3 is 2.90 bits per heavy atom. The second-order valence-electron chi connectivity index (χ2n) is 6.46. The molecule has 1 aliphatic rings. The number of carbonyl (C=O) groups is 2. The Bertz CT molecular complexity index is 805. The average Bonchev–Trinajstić information content (AvgIpc) is 2.86. The molecule has 1 atom stereocenters. The van der Waals surface area contributed by atoms with Crippen LogP contribution in [0.4, 0.5) is 10.2 Å². The zero-order valence-electron chi connectivity index (χ0n) is 17.2. The molecule has 0 radical (unpaired) electrons. The van der Waals surface area contributed by atoms with Gasteiger partial charge in [0.05, 0.1) is 25.4 Å². The van der Waals surface area contributed by atoms with Gasteiger partial charge in [0.25, 0.3) is 5.91 Å². The summed E-state index contributed by atoms with van der Waals surface area (Å²) in [7, 11) is 1.66. The van der Waals surface area contributed by atoms with Gasteiger partial charge in [-0.1, -0.05) is 13.2 Å². The van der Waals surface area contributed by atoms with Gasteiger partial charge in [0.2, 0.25) is 5.88 Å². The maximum Gasteiger partial charge on any atom is 0.307 e. The first-order valence-electron chi connectivity index (χ1n) is 9.45. The van der Waals surface area contributed by atoms with E-state index in [0.717, 1.165) is 0 Å². The summed E-state index contributed by atoms with van der Waals surface area (Å²) in [6.07, 6.45) is 1.82. The molecule has 30 heavy (non-hydrogen) atoms. The van der Waals surface area contributed by atoms with Crippen LogP contribution in [0.3, 0.4) is 0 Å². The highest BCUT2D eigenvalue weighted by Crippen LogP contribution is 2.27. The summed E-state index contributed by atoms with van der Waals surface area (Å²) in [5.41, 5.74) is 5.90. The fourth-order valence-corrected chi connectivity index (χ4v) is 3.09. The van der Waals surface area contributed by atoms with Crippen molar-refractivity contribution in [2.45, 2.75) is 25.9 Å². The van der Waals surface area contributed by atoms with Crippen molar-refractivity contribution in [3.05, 3.63) is 37.1 Å². The van der Waals surface area contributed by atoms with E-state index < -0.39 is 17.9 Å². The molecule has 1 aromatic heterocycles. The quantitative estimate of drug-likeness (QED) is 0.441. The fourth-order valence-electron chi connectivity index (χ4n) is 3.09. The fraction of sp³-hybridized carbons (Fsp3) is 0.474. The van der Waals surface area contributed by atoms with Crippen LogP contribution in [0, 0.1) is 0 Å². The Morgan fingerprint density at radius 2 is 2.27 bits per heavy atom. The Morgan fingerprint density at radius 1 is 1.53 bits per heavy atom. The van der Waals surface area contributed by atoms with Crippen LogP contribution in [-0.2, 0) is 9.53 Å². The predicted molar refractivity (Wildman–Crippen MR) is 108 cm³/mol. The third-order valence-corrected chi connectivity index (χ3v) is 4.55. The number of hydrogen-bond acceptors (Lipinski definition) is 9. The van der Waals surface area contributed by atoms with Crippen molar-refractivity contribution >= 4 is 17.7 Å². The van der Waals surface area contributed by atoms with Crippen LogP contribution >= 0.6 is 0 Å². The van der Waals surface area contributed by atoms with E-state index in [0.29, 0.717) is 0 Å². The zero-order valence-corrected chi connectivity index (χ0v) is 17.2. The number of rotatable bonds is 10. The van der Waals surface area contributed by atoms with Crippen molar-refractivity contribution in [1.82, 2.24) is 24.9 Å². The summed E-state index contributed by atoms with van der Waals surface area (Å²) in [5, 5.41) is 3.22. The lowest BCUT2D eigenvalue weighted by atomic mass is 10.2. The molecular weight excluding hydrogens is 395 g/mol. The second kappa shape index (κ2) is 10.5. The van der Waals surface area contributed by atoms with E-state index >= 15 is 0 Å². The van der Waals surface area contributed by atoms with Crippen molar-refractivity contribution in [3.8, 4) is 5.88 Å². The molecule has 2 N–H and O–H groups in total. The maximum atomic E-state index is 13.9. The van der Waals surface area contributed by atoms with Crippen LogP contribution in [0.2, 0.25) is 0 Å². The molecule has 11 heteroatoms. The number of nitrogens with two attached hydrogens (primary N) is 1. The van der Waals surface area contributed by atoms with E-state index in [1.54, 1.807) is 24.0 Å². The van der Waals surface area contributed by atoms with E-state index in [9.17, 15) is 14.0 Å². The molecular formula is C19H27FN6O4. The number of nitrogen functional groups attached to an aromatic ring is 1. The first-order valence-corrected chi connectivity index (χ1v) is 9.45. The Balaban J connectivity index is 2.30. The molecule has 0 saturated heterocycles. The highest BCUT2D eigenvalue weighted by Gasteiger charge is 2.35. The topological polar surface area (TPSA) is 114 Å². The smallest absolute Gasteiger partial charge is 0.307 e. The minimum absolute atomic E-state index is 0.0227. The van der Waals surface area contributed by atoms with Crippen molar-refractivity contribution < 1.29 is 23.5 Å². The summed E-state index contributed by atoms with van der Waals surface area (Å²) < 4.78 is 24.4. The van der Waals surface area contributed by atoms with Crippen LogP contribution < -0.4 is 10.5 Å². The molecule has 0 spiro atoms. The molecule has 0 bridgehead atoms. The lowest BCUT2D eigenvalue weighted by molar-refractivity contribution is -0.144. The van der Waals surface area contributed by atoms with Gasteiger partial charge < -0.3 is 25.1 Å². The van der Waals surface area contributed by atoms with Crippen molar-refractivity contribution in [2.75, 3.05) is 39.1 Å². The van der Waals surface area contributed by atoms with Crippen molar-refractivity contribution in [3.63, 3.8) is 0 Å². The first-order chi connectivity index (χ1) is 14.3. The van der Waals surface area contributed by atoms with E-state index in [2.05, 4.69) is 23.1 Å².